The van der Waals surface area contributed by atoms with E-state index in [2.05, 4.69) is 23.5 Å². The highest BCUT2D eigenvalue weighted by Gasteiger charge is 2.53. The molecule has 3 rings (SSSR count). The van der Waals surface area contributed by atoms with Crippen molar-refractivity contribution in [2.45, 2.75) is 5.92 Å². The van der Waals surface area contributed by atoms with Gasteiger partial charge >= 0.3 is 0 Å². The Bertz CT molecular complexity index is 973. The summed E-state index contributed by atoms with van der Waals surface area (Å²) in [6, 6.07) is 13.0. The van der Waals surface area contributed by atoms with Crippen molar-refractivity contribution in [1.82, 2.24) is 5.32 Å². The van der Waals surface area contributed by atoms with E-state index in [1.807, 2.05) is 6.08 Å². The van der Waals surface area contributed by atoms with E-state index in [1.54, 1.807) is 24.3 Å². The summed E-state index contributed by atoms with van der Waals surface area (Å²) in [5, 5.41) is 32.7. The van der Waals surface area contributed by atoms with Gasteiger partial charge in [-0.05, 0) is 23.3 Å². The maximum Gasteiger partial charge on any atom is 0.255 e. The lowest BCUT2D eigenvalue weighted by Gasteiger charge is -2.43. The van der Waals surface area contributed by atoms with Gasteiger partial charge in [-0.15, -0.1) is 0 Å². The second-order valence-corrected chi connectivity index (χ2v) is 6.66. The number of nitrogens with zero attached hydrogens (tertiary/aromatic N) is 3. The minimum absolute atomic E-state index is 0.0107. The topological polar surface area (TPSA) is 162 Å². The van der Waals surface area contributed by atoms with Gasteiger partial charge in [0.2, 0.25) is 0 Å². The van der Waals surface area contributed by atoms with Crippen LogP contribution in [0.25, 0.3) is 0 Å². The fourth-order valence-electron chi connectivity index (χ4n) is 3.91. The molecule has 0 bridgehead atoms. The van der Waals surface area contributed by atoms with Crippen LogP contribution in [-0.4, -0.2) is 25.6 Å². The van der Waals surface area contributed by atoms with Crippen LogP contribution in [0, 0.1) is 45.3 Å². The van der Waals surface area contributed by atoms with Crippen LogP contribution in [0.3, 0.4) is 0 Å². The number of hydrogen-bond donors (Lipinski definition) is 3. The normalized spacial score (nSPS) is 22.7. The summed E-state index contributed by atoms with van der Waals surface area (Å²) < 4.78 is 5.27. The standard InChI is InChI=1S/C20H18N6O2/c21-7-15-14-5-6-26-8-16(14)18(20(10-22,11-23)19(15)25)12-1-3-13(4-2-12)28-9-17(24)27/h1-5,16,18,26H,6,8-9,25H2,(H2,24,27)/t16-,18+/m0/s1. The fourth-order valence-corrected chi connectivity index (χ4v) is 3.91. The van der Waals surface area contributed by atoms with Crippen LogP contribution >= 0.6 is 0 Å². The van der Waals surface area contributed by atoms with Crippen LogP contribution in [0.2, 0.25) is 0 Å². The number of nitrogens with two attached hydrogens (primary N) is 2. The van der Waals surface area contributed by atoms with Gasteiger partial charge in [0.15, 0.2) is 12.0 Å². The number of ether oxygens (including phenoxy) is 1. The highest BCUT2D eigenvalue weighted by atomic mass is 16.5. The van der Waals surface area contributed by atoms with E-state index in [0.29, 0.717) is 24.4 Å². The monoisotopic (exact) mass is 374 g/mol. The first kappa shape index (κ1) is 19.0. The maximum atomic E-state index is 10.9. The fraction of sp³-hybridized carbons (Fsp3) is 0.300. The number of primary amides is 1. The molecule has 2 aliphatic rings. The number of fused-ring (bicyclic) bond motifs is 1. The highest BCUT2D eigenvalue weighted by Crippen LogP contribution is 2.53. The van der Waals surface area contributed by atoms with Gasteiger partial charge in [-0.3, -0.25) is 4.79 Å². The minimum Gasteiger partial charge on any atom is -0.484 e. The molecule has 8 heteroatoms. The molecule has 2 atom stereocenters. The van der Waals surface area contributed by atoms with Crippen molar-refractivity contribution in [3.05, 3.63) is 52.7 Å². The van der Waals surface area contributed by atoms with Gasteiger partial charge in [-0.25, -0.2) is 0 Å². The highest BCUT2D eigenvalue weighted by molar-refractivity contribution is 5.75. The number of allylic oxidation sites excluding steroid dienone is 2. The molecule has 0 radical (unpaired) electrons. The van der Waals surface area contributed by atoms with Crippen molar-refractivity contribution < 1.29 is 9.53 Å². The zero-order chi connectivity index (χ0) is 20.3. The maximum absolute atomic E-state index is 10.9. The summed E-state index contributed by atoms with van der Waals surface area (Å²) in [7, 11) is 0. The predicted molar refractivity (Wildman–Crippen MR) is 98.8 cm³/mol. The van der Waals surface area contributed by atoms with Crippen molar-refractivity contribution in [3.8, 4) is 24.0 Å². The second-order valence-electron chi connectivity index (χ2n) is 6.66. The Kier molecular flexibility index (Phi) is 5.04. The first-order valence-electron chi connectivity index (χ1n) is 8.63. The largest absolute Gasteiger partial charge is 0.484 e. The van der Waals surface area contributed by atoms with Crippen molar-refractivity contribution in [1.29, 1.82) is 15.8 Å². The SMILES string of the molecule is N#CC1=C(N)C(C#N)(C#N)[C@H](c2ccc(OCC(N)=O)cc2)[C@H]2CNCC=C12. The van der Waals surface area contributed by atoms with Crippen LogP contribution in [-0.2, 0) is 4.79 Å². The number of carbonyl (C=O) groups is 1. The minimum atomic E-state index is -1.66. The molecule has 0 unspecified atom stereocenters. The van der Waals surface area contributed by atoms with Crippen LogP contribution < -0.4 is 21.5 Å². The molecule has 8 nitrogen and oxygen atoms in total. The van der Waals surface area contributed by atoms with E-state index in [4.69, 9.17) is 16.2 Å². The van der Waals surface area contributed by atoms with Crippen molar-refractivity contribution in [3.63, 3.8) is 0 Å². The number of benzene rings is 1. The summed E-state index contributed by atoms with van der Waals surface area (Å²) in [5.74, 6) is -0.970. The molecule has 1 heterocycles. The van der Waals surface area contributed by atoms with Crippen molar-refractivity contribution in [2.75, 3.05) is 19.7 Å². The number of rotatable bonds is 4. The number of carbonyl (C=O) groups excluding carboxylic acids is 1. The Morgan fingerprint density at radius 3 is 2.50 bits per heavy atom. The molecule has 1 aliphatic heterocycles. The summed E-state index contributed by atoms with van der Waals surface area (Å²) >= 11 is 0. The van der Waals surface area contributed by atoms with Gasteiger partial charge in [-0.1, -0.05) is 18.2 Å². The van der Waals surface area contributed by atoms with E-state index in [1.165, 1.54) is 0 Å². The average molecular weight is 374 g/mol. The third-order valence-corrected chi connectivity index (χ3v) is 5.17. The van der Waals surface area contributed by atoms with Gasteiger partial charge in [0.05, 0.1) is 23.4 Å². The molecule has 0 spiro atoms. The predicted octanol–water partition coefficient (Wildman–Crippen LogP) is 0.564. The molecule has 0 saturated heterocycles. The van der Waals surface area contributed by atoms with Gasteiger partial charge in [0.25, 0.3) is 5.91 Å². The Morgan fingerprint density at radius 1 is 1.25 bits per heavy atom. The molecule has 1 aliphatic carbocycles. The van der Waals surface area contributed by atoms with Gasteiger partial charge < -0.3 is 21.5 Å². The Hall–Kier alpha value is -3.80. The summed E-state index contributed by atoms with van der Waals surface area (Å²) in [6.07, 6.45) is 1.88. The van der Waals surface area contributed by atoms with E-state index in [0.717, 1.165) is 5.57 Å². The first-order valence-corrected chi connectivity index (χ1v) is 8.63. The number of nitrogens with one attached hydrogen (secondary N) is 1. The number of hydrogen-bond acceptors (Lipinski definition) is 7. The number of nitriles is 3. The van der Waals surface area contributed by atoms with E-state index in [-0.39, 0.29) is 23.8 Å². The molecular weight excluding hydrogens is 356 g/mol. The molecule has 1 amide bonds. The van der Waals surface area contributed by atoms with E-state index < -0.39 is 17.2 Å². The van der Waals surface area contributed by atoms with Crippen LogP contribution in [0.5, 0.6) is 5.75 Å². The zero-order valence-electron chi connectivity index (χ0n) is 15.0. The summed E-state index contributed by atoms with van der Waals surface area (Å²) in [5.41, 5.74) is 11.3. The molecular formula is C20H18N6O2. The molecule has 0 saturated carbocycles. The zero-order valence-corrected chi connectivity index (χ0v) is 15.0. The molecule has 0 aromatic heterocycles. The third kappa shape index (κ3) is 2.95. The lowest BCUT2D eigenvalue weighted by Crippen LogP contribution is -2.46. The molecule has 1 aromatic rings. The van der Waals surface area contributed by atoms with E-state index >= 15 is 0 Å². The van der Waals surface area contributed by atoms with E-state index in [9.17, 15) is 20.6 Å². The molecule has 28 heavy (non-hydrogen) atoms. The Morgan fingerprint density at radius 2 is 1.93 bits per heavy atom. The average Bonchev–Trinajstić information content (AvgIpc) is 2.72. The number of amides is 1. The van der Waals surface area contributed by atoms with Crippen molar-refractivity contribution in [2.24, 2.45) is 22.8 Å². The Labute approximate surface area is 162 Å². The van der Waals surface area contributed by atoms with Gasteiger partial charge in [0, 0.05) is 24.9 Å². The lowest BCUT2D eigenvalue weighted by atomic mass is 9.58. The second kappa shape index (κ2) is 7.44. The van der Waals surface area contributed by atoms with Crippen molar-refractivity contribution >= 4 is 5.91 Å². The van der Waals surface area contributed by atoms with Gasteiger partial charge in [0.1, 0.15) is 11.8 Å². The molecule has 140 valence electrons. The summed E-state index contributed by atoms with van der Waals surface area (Å²) in [4.78, 5) is 10.9. The molecule has 1 aromatic carbocycles. The van der Waals surface area contributed by atoms with Crippen LogP contribution in [0.1, 0.15) is 11.5 Å². The summed E-state index contributed by atoms with van der Waals surface area (Å²) in [6.45, 7) is 0.854. The molecule has 5 N–H and O–H groups in total. The smallest absolute Gasteiger partial charge is 0.255 e. The molecule has 0 fully saturated rings. The van der Waals surface area contributed by atoms with Gasteiger partial charge in [-0.2, -0.15) is 15.8 Å². The third-order valence-electron chi connectivity index (χ3n) is 5.17. The first-order chi connectivity index (χ1) is 13.5. The van der Waals surface area contributed by atoms with Crippen LogP contribution in [0.15, 0.2) is 47.2 Å². The van der Waals surface area contributed by atoms with Crippen LogP contribution in [0.4, 0.5) is 0 Å². The quantitative estimate of drug-likeness (QED) is 0.693. The lowest BCUT2D eigenvalue weighted by molar-refractivity contribution is -0.119. The Balaban J connectivity index is 2.11.